The van der Waals surface area contributed by atoms with E-state index < -0.39 is 5.91 Å². The summed E-state index contributed by atoms with van der Waals surface area (Å²) >= 11 is 17.4. The Morgan fingerprint density at radius 3 is 2.21 bits per heavy atom. The molecule has 1 heterocycles. The van der Waals surface area contributed by atoms with Gasteiger partial charge in [0.2, 0.25) is 5.91 Å². The number of piperazine rings is 1. The summed E-state index contributed by atoms with van der Waals surface area (Å²) in [5.41, 5.74) is 1.60. The van der Waals surface area contributed by atoms with Crippen molar-refractivity contribution in [2.24, 2.45) is 5.41 Å². The molecule has 0 unspecified atom stereocenters. The first-order valence-corrected chi connectivity index (χ1v) is 12.0. The first-order chi connectivity index (χ1) is 16.0. The highest BCUT2D eigenvalue weighted by Crippen LogP contribution is 2.32. The summed E-state index contributed by atoms with van der Waals surface area (Å²) in [5.74, 6) is -0.0852. The third kappa shape index (κ3) is 6.31. The highest BCUT2D eigenvalue weighted by molar-refractivity contribution is 7.80. The van der Waals surface area contributed by atoms with Crippen molar-refractivity contribution >= 4 is 63.7 Å². The van der Waals surface area contributed by atoms with E-state index in [9.17, 15) is 9.59 Å². The molecule has 34 heavy (non-hydrogen) atoms. The van der Waals surface area contributed by atoms with E-state index in [0.717, 1.165) is 24.5 Å². The molecule has 182 valence electrons. The molecule has 0 aromatic heterocycles. The molecule has 2 aromatic rings. The average molecular weight is 523 g/mol. The lowest BCUT2D eigenvalue weighted by molar-refractivity contribution is -0.139. The van der Waals surface area contributed by atoms with Gasteiger partial charge in [0.1, 0.15) is 5.75 Å². The maximum Gasteiger partial charge on any atom is 0.261 e. The first-order valence-electron chi connectivity index (χ1n) is 10.8. The summed E-state index contributed by atoms with van der Waals surface area (Å²) in [6.45, 7) is 8.77. The molecule has 10 heteroatoms. The van der Waals surface area contributed by atoms with Crippen molar-refractivity contribution in [3.05, 3.63) is 52.0 Å². The van der Waals surface area contributed by atoms with Crippen molar-refractivity contribution in [1.82, 2.24) is 10.2 Å². The number of carbonyl (C=O) groups is 2. The SMILES string of the molecule is COc1c(Cl)cc(Cl)cc1C(=O)NC(=S)Nc1ccc(N2CCN(C(=O)C(C)(C)C)CC2)cc1. The number of methoxy groups -OCH3 is 1. The molecule has 1 aliphatic rings. The summed E-state index contributed by atoms with van der Waals surface area (Å²) in [7, 11) is 1.42. The van der Waals surface area contributed by atoms with E-state index in [1.165, 1.54) is 19.2 Å². The second-order valence-electron chi connectivity index (χ2n) is 8.95. The summed E-state index contributed by atoms with van der Waals surface area (Å²) < 4.78 is 5.22. The van der Waals surface area contributed by atoms with Crippen LogP contribution >= 0.6 is 35.4 Å². The zero-order valence-electron chi connectivity index (χ0n) is 19.6. The first kappa shape index (κ1) is 26.1. The summed E-state index contributed by atoms with van der Waals surface area (Å²) in [6.07, 6.45) is 0. The number of nitrogens with one attached hydrogen (secondary N) is 2. The third-order valence-electron chi connectivity index (χ3n) is 5.38. The molecule has 2 aromatic carbocycles. The van der Waals surface area contributed by atoms with Crippen LogP contribution in [0.2, 0.25) is 10.0 Å². The van der Waals surface area contributed by atoms with Crippen LogP contribution in [-0.2, 0) is 4.79 Å². The predicted octanol–water partition coefficient (Wildman–Crippen LogP) is 4.82. The van der Waals surface area contributed by atoms with E-state index in [0.29, 0.717) is 18.1 Å². The second-order valence-corrected chi connectivity index (χ2v) is 10.2. The van der Waals surface area contributed by atoms with Crippen LogP contribution in [-0.4, -0.2) is 55.1 Å². The Kier molecular flexibility index (Phi) is 8.28. The van der Waals surface area contributed by atoms with E-state index >= 15 is 0 Å². The fourth-order valence-corrected chi connectivity index (χ4v) is 4.45. The maximum atomic E-state index is 12.7. The van der Waals surface area contributed by atoms with Gasteiger partial charge in [0.15, 0.2) is 5.11 Å². The van der Waals surface area contributed by atoms with E-state index in [4.69, 9.17) is 40.2 Å². The minimum absolute atomic E-state index is 0.130. The molecule has 0 aliphatic carbocycles. The van der Waals surface area contributed by atoms with Gasteiger partial charge in [-0.2, -0.15) is 0 Å². The monoisotopic (exact) mass is 522 g/mol. The topological polar surface area (TPSA) is 73.9 Å². The Bertz CT molecular complexity index is 1080. The van der Waals surface area contributed by atoms with E-state index in [2.05, 4.69) is 15.5 Å². The zero-order chi connectivity index (χ0) is 25.0. The van der Waals surface area contributed by atoms with Gasteiger partial charge >= 0.3 is 0 Å². The Hall–Kier alpha value is -2.55. The Labute approximate surface area is 215 Å². The molecule has 0 radical (unpaired) electrons. The van der Waals surface area contributed by atoms with Crippen molar-refractivity contribution < 1.29 is 14.3 Å². The van der Waals surface area contributed by atoms with Gasteiger partial charge in [0, 0.05) is 48.0 Å². The second kappa shape index (κ2) is 10.8. The van der Waals surface area contributed by atoms with Gasteiger partial charge in [-0.15, -0.1) is 0 Å². The molecule has 3 rings (SSSR count). The number of ether oxygens (including phenoxy) is 1. The highest BCUT2D eigenvalue weighted by atomic mass is 35.5. The fraction of sp³-hybridized carbons (Fsp3) is 0.375. The number of nitrogens with zero attached hydrogens (tertiary/aromatic N) is 2. The van der Waals surface area contributed by atoms with Crippen LogP contribution in [0, 0.1) is 5.41 Å². The fourth-order valence-electron chi connectivity index (χ4n) is 3.67. The number of anilines is 2. The summed E-state index contributed by atoms with van der Waals surface area (Å²) in [5, 5.41) is 6.29. The van der Waals surface area contributed by atoms with Crippen LogP contribution in [0.25, 0.3) is 0 Å². The van der Waals surface area contributed by atoms with Crippen LogP contribution < -0.4 is 20.3 Å². The van der Waals surface area contributed by atoms with Crippen LogP contribution in [0.1, 0.15) is 31.1 Å². The molecule has 0 bridgehead atoms. The minimum atomic E-state index is -0.488. The van der Waals surface area contributed by atoms with E-state index in [-0.39, 0.29) is 32.8 Å². The number of thiocarbonyl (C=S) groups is 1. The zero-order valence-corrected chi connectivity index (χ0v) is 21.9. The number of halogens is 2. The smallest absolute Gasteiger partial charge is 0.261 e. The standard InChI is InChI=1S/C24H28Cl2N4O3S/c1-24(2,3)22(32)30-11-9-29(10-12-30)17-7-5-16(6-8-17)27-23(34)28-21(31)18-13-15(25)14-19(26)20(18)33-4/h5-8,13-14H,9-12H2,1-4H3,(H2,27,28,31,34). The maximum absolute atomic E-state index is 12.7. The molecule has 2 N–H and O–H groups in total. The van der Waals surface area contributed by atoms with E-state index in [1.54, 1.807) is 0 Å². The van der Waals surface area contributed by atoms with Gasteiger partial charge in [-0.3, -0.25) is 14.9 Å². The number of amides is 2. The van der Waals surface area contributed by atoms with Crippen molar-refractivity contribution in [2.45, 2.75) is 20.8 Å². The average Bonchev–Trinajstić information content (AvgIpc) is 2.78. The number of hydrogen-bond donors (Lipinski definition) is 2. The lowest BCUT2D eigenvalue weighted by Gasteiger charge is -2.38. The Balaban J connectivity index is 1.57. The molecule has 0 atom stereocenters. The summed E-state index contributed by atoms with van der Waals surface area (Å²) in [6, 6.07) is 10.7. The lowest BCUT2D eigenvalue weighted by atomic mass is 9.94. The van der Waals surface area contributed by atoms with Crippen LogP contribution in [0.3, 0.4) is 0 Å². The van der Waals surface area contributed by atoms with Crippen LogP contribution in [0.5, 0.6) is 5.75 Å². The molecule has 1 aliphatic heterocycles. The van der Waals surface area contributed by atoms with Gasteiger partial charge < -0.3 is 19.9 Å². The van der Waals surface area contributed by atoms with Gasteiger partial charge in [-0.1, -0.05) is 44.0 Å². The van der Waals surface area contributed by atoms with Crippen LogP contribution in [0.15, 0.2) is 36.4 Å². The Morgan fingerprint density at radius 2 is 1.65 bits per heavy atom. The Morgan fingerprint density at radius 1 is 1.03 bits per heavy atom. The van der Waals surface area contributed by atoms with Gasteiger partial charge in [-0.05, 0) is 48.6 Å². The number of carbonyl (C=O) groups excluding carboxylic acids is 2. The molecule has 0 spiro atoms. The third-order valence-corrected chi connectivity index (χ3v) is 6.09. The lowest BCUT2D eigenvalue weighted by Crippen LogP contribution is -2.51. The number of hydrogen-bond acceptors (Lipinski definition) is 5. The molecule has 2 amide bonds. The quantitative estimate of drug-likeness (QED) is 0.560. The molecule has 0 saturated carbocycles. The normalized spacial score (nSPS) is 13.9. The molecule has 1 fully saturated rings. The minimum Gasteiger partial charge on any atom is -0.494 e. The van der Waals surface area contributed by atoms with Crippen molar-refractivity contribution in [3.8, 4) is 5.75 Å². The molecule has 1 saturated heterocycles. The molecule has 7 nitrogen and oxygen atoms in total. The van der Waals surface area contributed by atoms with E-state index in [1.807, 2.05) is 49.9 Å². The largest absolute Gasteiger partial charge is 0.494 e. The number of rotatable bonds is 4. The van der Waals surface area contributed by atoms with Crippen LogP contribution in [0.4, 0.5) is 11.4 Å². The number of benzene rings is 2. The van der Waals surface area contributed by atoms with Gasteiger partial charge in [0.05, 0.1) is 17.7 Å². The predicted molar refractivity (Wildman–Crippen MR) is 141 cm³/mol. The van der Waals surface area contributed by atoms with Crippen molar-refractivity contribution in [1.29, 1.82) is 0 Å². The van der Waals surface area contributed by atoms with Gasteiger partial charge in [0.25, 0.3) is 5.91 Å². The molecular formula is C24H28Cl2N4O3S. The highest BCUT2D eigenvalue weighted by Gasteiger charge is 2.29. The molecular weight excluding hydrogens is 495 g/mol. The van der Waals surface area contributed by atoms with Crippen molar-refractivity contribution in [3.63, 3.8) is 0 Å². The van der Waals surface area contributed by atoms with Gasteiger partial charge in [-0.25, -0.2) is 0 Å². The summed E-state index contributed by atoms with van der Waals surface area (Å²) in [4.78, 5) is 29.3. The van der Waals surface area contributed by atoms with Crippen molar-refractivity contribution in [2.75, 3.05) is 43.5 Å².